The molecule has 8 heteroatoms. The van der Waals surface area contributed by atoms with Gasteiger partial charge in [0.1, 0.15) is 23.1 Å². The minimum atomic E-state index is -0.965. The lowest BCUT2D eigenvalue weighted by atomic mass is 10.1. The molecule has 2 N–H and O–H groups in total. The molecule has 1 heterocycles. The van der Waals surface area contributed by atoms with Gasteiger partial charge in [0, 0.05) is 12.4 Å². The Hall–Kier alpha value is -3.03. The van der Waals surface area contributed by atoms with Crippen LogP contribution < -0.4 is 15.6 Å². The highest BCUT2D eigenvalue weighted by atomic mass is 16.5. The van der Waals surface area contributed by atoms with E-state index < -0.39 is 34.8 Å². The van der Waals surface area contributed by atoms with E-state index in [0.717, 1.165) is 0 Å². The smallest absolute Gasteiger partial charge is 0.328 e. The molecule has 0 saturated carbocycles. The van der Waals surface area contributed by atoms with E-state index in [1.54, 1.807) is 12.1 Å². The molecule has 1 unspecified atom stereocenters. The molecule has 0 aliphatic carbocycles. The van der Waals surface area contributed by atoms with Crippen LogP contribution in [0.5, 0.6) is 11.5 Å². The van der Waals surface area contributed by atoms with Crippen LogP contribution in [-0.2, 0) is 16.6 Å². The average Bonchev–Trinajstić information content (AvgIpc) is 2.58. The molecule has 0 aliphatic rings. The standard InChI is InChI=1S/C16H18N2O6/c1-8(16(22)24-4)17-14(20)12-13(19)10-7-9(23-3)5-6-11(10)18(2)15(12)21/h5-8,19H,1-4H3,(H,17,20). The summed E-state index contributed by atoms with van der Waals surface area (Å²) in [4.78, 5) is 36.2. The monoisotopic (exact) mass is 334 g/mol. The number of carbonyl (C=O) groups excluding carboxylic acids is 2. The third-order valence-electron chi connectivity index (χ3n) is 3.70. The highest BCUT2D eigenvalue weighted by Gasteiger charge is 2.24. The molecule has 1 amide bonds. The van der Waals surface area contributed by atoms with Crippen LogP contribution in [0.15, 0.2) is 23.0 Å². The first-order valence-corrected chi connectivity index (χ1v) is 7.10. The van der Waals surface area contributed by atoms with Crippen molar-refractivity contribution in [2.75, 3.05) is 14.2 Å². The number of hydrogen-bond acceptors (Lipinski definition) is 6. The number of pyridine rings is 1. The SMILES string of the molecule is COC(=O)C(C)NC(=O)c1c(O)c2cc(OC)ccc2n(C)c1=O. The van der Waals surface area contributed by atoms with Crippen molar-refractivity contribution in [3.8, 4) is 11.5 Å². The number of amides is 1. The zero-order valence-corrected chi connectivity index (χ0v) is 13.7. The predicted molar refractivity (Wildman–Crippen MR) is 86.4 cm³/mol. The summed E-state index contributed by atoms with van der Waals surface area (Å²) in [6.07, 6.45) is 0. The van der Waals surface area contributed by atoms with Gasteiger partial charge in [-0.15, -0.1) is 0 Å². The summed E-state index contributed by atoms with van der Waals surface area (Å²) in [5.41, 5.74) is -0.690. The summed E-state index contributed by atoms with van der Waals surface area (Å²) in [7, 11) is 4.13. The maximum absolute atomic E-state index is 12.4. The molecule has 0 spiro atoms. The molecule has 24 heavy (non-hydrogen) atoms. The number of nitrogens with zero attached hydrogens (tertiary/aromatic N) is 1. The Morgan fingerprint density at radius 3 is 2.54 bits per heavy atom. The van der Waals surface area contributed by atoms with Crippen molar-refractivity contribution in [1.29, 1.82) is 0 Å². The molecule has 128 valence electrons. The van der Waals surface area contributed by atoms with Crippen molar-refractivity contribution in [3.63, 3.8) is 0 Å². The Kier molecular flexibility index (Phi) is 4.77. The van der Waals surface area contributed by atoms with Crippen molar-refractivity contribution in [2.24, 2.45) is 7.05 Å². The summed E-state index contributed by atoms with van der Waals surface area (Å²) in [5, 5.41) is 13.0. The first-order valence-electron chi connectivity index (χ1n) is 7.10. The van der Waals surface area contributed by atoms with Crippen LogP contribution in [-0.4, -0.2) is 41.8 Å². The maximum Gasteiger partial charge on any atom is 0.328 e. The minimum Gasteiger partial charge on any atom is -0.506 e. The van der Waals surface area contributed by atoms with Crippen molar-refractivity contribution in [2.45, 2.75) is 13.0 Å². The first-order chi connectivity index (χ1) is 11.3. The normalized spacial score (nSPS) is 11.8. The highest BCUT2D eigenvalue weighted by Crippen LogP contribution is 2.29. The van der Waals surface area contributed by atoms with E-state index in [1.165, 1.54) is 38.8 Å². The Labute approximate surface area is 137 Å². The maximum atomic E-state index is 12.4. The number of aryl methyl sites for hydroxylation is 1. The fourth-order valence-corrected chi connectivity index (χ4v) is 2.35. The number of ether oxygens (including phenoxy) is 2. The van der Waals surface area contributed by atoms with Gasteiger partial charge in [0.2, 0.25) is 0 Å². The van der Waals surface area contributed by atoms with E-state index in [2.05, 4.69) is 10.1 Å². The summed E-state index contributed by atoms with van der Waals surface area (Å²) < 4.78 is 10.9. The fourth-order valence-electron chi connectivity index (χ4n) is 2.35. The van der Waals surface area contributed by atoms with Gasteiger partial charge in [0.05, 0.1) is 19.7 Å². The third-order valence-corrected chi connectivity index (χ3v) is 3.70. The molecular formula is C16H18N2O6. The molecule has 0 radical (unpaired) electrons. The second-order valence-electron chi connectivity index (χ2n) is 5.19. The van der Waals surface area contributed by atoms with Crippen LogP contribution in [0.4, 0.5) is 0 Å². The number of benzene rings is 1. The number of fused-ring (bicyclic) bond motifs is 1. The van der Waals surface area contributed by atoms with Gasteiger partial charge in [-0.05, 0) is 25.1 Å². The fraction of sp³-hybridized carbons (Fsp3) is 0.312. The second kappa shape index (κ2) is 6.61. The van der Waals surface area contributed by atoms with Crippen molar-refractivity contribution >= 4 is 22.8 Å². The Morgan fingerprint density at radius 1 is 1.29 bits per heavy atom. The molecule has 0 aliphatic heterocycles. The van der Waals surface area contributed by atoms with Crippen LogP contribution in [0, 0.1) is 0 Å². The van der Waals surface area contributed by atoms with Crippen LogP contribution >= 0.6 is 0 Å². The second-order valence-corrected chi connectivity index (χ2v) is 5.19. The summed E-state index contributed by atoms with van der Waals surface area (Å²) in [5.74, 6) is -1.54. The zero-order chi connectivity index (χ0) is 18.0. The van der Waals surface area contributed by atoms with Crippen molar-refractivity contribution < 1.29 is 24.2 Å². The lowest BCUT2D eigenvalue weighted by Crippen LogP contribution is -2.41. The Balaban J connectivity index is 2.60. The summed E-state index contributed by atoms with van der Waals surface area (Å²) >= 11 is 0. The molecule has 0 fully saturated rings. The van der Waals surface area contributed by atoms with Crippen LogP contribution in [0.25, 0.3) is 10.9 Å². The van der Waals surface area contributed by atoms with Crippen LogP contribution in [0.3, 0.4) is 0 Å². The molecule has 0 bridgehead atoms. The number of methoxy groups -OCH3 is 2. The molecule has 1 aromatic carbocycles. The molecule has 1 aromatic heterocycles. The molecule has 2 aromatic rings. The Morgan fingerprint density at radius 2 is 1.96 bits per heavy atom. The van der Waals surface area contributed by atoms with Gasteiger partial charge in [-0.1, -0.05) is 0 Å². The number of carbonyl (C=O) groups is 2. The third kappa shape index (κ3) is 2.90. The van der Waals surface area contributed by atoms with E-state index in [4.69, 9.17) is 4.74 Å². The lowest BCUT2D eigenvalue weighted by Gasteiger charge is -2.15. The van der Waals surface area contributed by atoms with E-state index >= 15 is 0 Å². The molecule has 0 saturated heterocycles. The zero-order valence-electron chi connectivity index (χ0n) is 13.7. The van der Waals surface area contributed by atoms with Gasteiger partial charge in [-0.25, -0.2) is 4.79 Å². The summed E-state index contributed by atoms with van der Waals surface area (Å²) in [6, 6.07) is 3.80. The number of aromatic hydroxyl groups is 1. The van der Waals surface area contributed by atoms with Crippen LogP contribution in [0.1, 0.15) is 17.3 Å². The van der Waals surface area contributed by atoms with Gasteiger partial charge in [-0.3, -0.25) is 9.59 Å². The van der Waals surface area contributed by atoms with E-state index in [0.29, 0.717) is 11.3 Å². The highest BCUT2D eigenvalue weighted by molar-refractivity contribution is 6.03. The van der Waals surface area contributed by atoms with Gasteiger partial charge in [0.25, 0.3) is 11.5 Å². The number of hydrogen-bond donors (Lipinski definition) is 2. The number of esters is 1. The summed E-state index contributed by atoms with van der Waals surface area (Å²) in [6.45, 7) is 1.41. The van der Waals surface area contributed by atoms with Gasteiger partial charge in [0.15, 0.2) is 0 Å². The molecular weight excluding hydrogens is 316 g/mol. The van der Waals surface area contributed by atoms with Crippen molar-refractivity contribution in [1.82, 2.24) is 9.88 Å². The predicted octanol–water partition coefficient (Wildman–Crippen LogP) is 0.544. The minimum absolute atomic E-state index is 0.285. The number of rotatable bonds is 4. The van der Waals surface area contributed by atoms with E-state index in [1.807, 2.05) is 0 Å². The van der Waals surface area contributed by atoms with Gasteiger partial charge < -0.3 is 24.5 Å². The number of nitrogens with one attached hydrogen (secondary N) is 1. The topological polar surface area (TPSA) is 107 Å². The lowest BCUT2D eigenvalue weighted by molar-refractivity contribution is -0.142. The Bertz CT molecular complexity index is 871. The molecule has 2 rings (SSSR count). The quantitative estimate of drug-likeness (QED) is 0.791. The van der Waals surface area contributed by atoms with Crippen LogP contribution in [0.2, 0.25) is 0 Å². The first kappa shape index (κ1) is 17.3. The molecule has 1 atom stereocenters. The van der Waals surface area contributed by atoms with Gasteiger partial charge >= 0.3 is 5.97 Å². The number of aromatic nitrogens is 1. The van der Waals surface area contributed by atoms with E-state index in [9.17, 15) is 19.5 Å². The van der Waals surface area contributed by atoms with E-state index in [-0.39, 0.29) is 5.39 Å². The van der Waals surface area contributed by atoms with Crippen molar-refractivity contribution in [3.05, 3.63) is 34.1 Å². The molecule has 8 nitrogen and oxygen atoms in total. The largest absolute Gasteiger partial charge is 0.506 e. The van der Waals surface area contributed by atoms with Gasteiger partial charge in [-0.2, -0.15) is 0 Å². The average molecular weight is 334 g/mol.